The molecule has 0 radical (unpaired) electrons. The standard InChI is InChI=1S/C20H27FN4O5/c1-2-3-4-14(10-23(29)13-26)19(28)24-12-20(7-8-20)9-16(24)18(27)22-17-6-5-15(21)11-25(17)30/h5-6,11,13-14,16,29-30H,2-4,7-10,12H2,1H3/p+1/t14-,16?/m1/s1. The van der Waals surface area contributed by atoms with Gasteiger partial charge in [-0.3, -0.25) is 14.8 Å². The number of nitrogens with one attached hydrogen (secondary N) is 1. The van der Waals surface area contributed by atoms with Gasteiger partial charge in [0.25, 0.3) is 0 Å². The van der Waals surface area contributed by atoms with Crippen LogP contribution in [0.25, 0.3) is 0 Å². The molecule has 0 aromatic carbocycles. The van der Waals surface area contributed by atoms with Gasteiger partial charge in [-0.1, -0.05) is 19.8 Å². The highest BCUT2D eigenvalue weighted by atomic mass is 19.1. The van der Waals surface area contributed by atoms with E-state index in [0.29, 0.717) is 29.2 Å². The molecule has 164 valence electrons. The summed E-state index contributed by atoms with van der Waals surface area (Å²) < 4.78 is 13.7. The lowest BCUT2D eigenvalue weighted by Crippen LogP contribution is -2.48. The van der Waals surface area contributed by atoms with Crippen molar-refractivity contribution in [1.82, 2.24) is 9.96 Å². The zero-order valence-electron chi connectivity index (χ0n) is 17.0. The molecule has 3 amide bonds. The van der Waals surface area contributed by atoms with Crippen LogP contribution in [-0.4, -0.2) is 57.7 Å². The number of halogens is 1. The van der Waals surface area contributed by atoms with Gasteiger partial charge >= 0.3 is 11.7 Å². The number of hydrogen-bond acceptors (Lipinski definition) is 5. The Morgan fingerprint density at radius 1 is 1.47 bits per heavy atom. The van der Waals surface area contributed by atoms with Gasteiger partial charge in [-0.15, -0.1) is 0 Å². The second-order valence-electron chi connectivity index (χ2n) is 8.32. The summed E-state index contributed by atoms with van der Waals surface area (Å²) in [5.41, 5.74) is -0.0749. The number of rotatable bonds is 9. The van der Waals surface area contributed by atoms with Crippen LogP contribution in [0.1, 0.15) is 45.4 Å². The Morgan fingerprint density at radius 2 is 2.20 bits per heavy atom. The molecule has 2 atom stereocenters. The molecule has 2 heterocycles. The predicted molar refractivity (Wildman–Crippen MR) is 102 cm³/mol. The van der Waals surface area contributed by atoms with Gasteiger partial charge in [0.05, 0.1) is 12.5 Å². The third-order valence-corrected chi connectivity index (χ3v) is 5.98. The average Bonchev–Trinajstić information content (AvgIpc) is 3.36. The Hall–Kier alpha value is -2.75. The summed E-state index contributed by atoms with van der Waals surface area (Å²) in [6.45, 7) is 2.30. The van der Waals surface area contributed by atoms with Crippen LogP contribution >= 0.6 is 0 Å². The second kappa shape index (κ2) is 8.95. The zero-order chi connectivity index (χ0) is 21.9. The number of aromatic nitrogens is 1. The van der Waals surface area contributed by atoms with E-state index in [-0.39, 0.29) is 30.1 Å². The molecule has 1 spiro atoms. The number of carbonyl (C=O) groups excluding carboxylic acids is 3. The Balaban J connectivity index is 1.77. The molecule has 3 N–H and O–H groups in total. The average molecular weight is 423 g/mol. The number of carbonyl (C=O) groups is 3. The number of nitrogens with zero attached hydrogens (tertiary/aromatic N) is 3. The molecule has 9 nitrogen and oxygen atoms in total. The molecule has 1 saturated heterocycles. The first-order chi connectivity index (χ1) is 14.3. The Labute approximate surface area is 174 Å². The molecule has 0 bridgehead atoms. The van der Waals surface area contributed by atoms with Crippen LogP contribution in [0.15, 0.2) is 18.3 Å². The summed E-state index contributed by atoms with van der Waals surface area (Å²) in [6.07, 6.45) is 5.54. The van der Waals surface area contributed by atoms with Crippen LogP contribution in [0, 0.1) is 17.2 Å². The Morgan fingerprint density at radius 3 is 2.80 bits per heavy atom. The van der Waals surface area contributed by atoms with E-state index >= 15 is 0 Å². The largest absolute Gasteiger partial charge is 0.350 e. The molecule has 30 heavy (non-hydrogen) atoms. The minimum Gasteiger partial charge on any atom is -0.350 e. The van der Waals surface area contributed by atoms with Crippen molar-refractivity contribution in [3.8, 4) is 0 Å². The van der Waals surface area contributed by atoms with Crippen LogP contribution in [-0.2, 0) is 14.4 Å². The number of anilines is 1. The maximum Gasteiger partial charge on any atom is 0.330 e. The normalized spacial score (nSPS) is 20.1. The van der Waals surface area contributed by atoms with Gasteiger partial charge in [0, 0.05) is 12.6 Å². The highest BCUT2D eigenvalue weighted by molar-refractivity contribution is 5.97. The van der Waals surface area contributed by atoms with E-state index in [4.69, 9.17) is 0 Å². The van der Waals surface area contributed by atoms with Crippen LogP contribution in [0.5, 0.6) is 0 Å². The van der Waals surface area contributed by atoms with E-state index in [1.54, 1.807) is 0 Å². The van der Waals surface area contributed by atoms with Crippen molar-refractivity contribution >= 4 is 24.0 Å². The van der Waals surface area contributed by atoms with Crippen molar-refractivity contribution in [3.63, 3.8) is 0 Å². The molecule has 2 fully saturated rings. The van der Waals surface area contributed by atoms with Crippen molar-refractivity contribution in [2.75, 3.05) is 18.4 Å². The number of amides is 3. The molecule has 1 unspecified atom stereocenters. The van der Waals surface area contributed by atoms with E-state index in [2.05, 4.69) is 5.32 Å². The highest BCUT2D eigenvalue weighted by Gasteiger charge is 2.56. The van der Waals surface area contributed by atoms with Crippen molar-refractivity contribution in [3.05, 3.63) is 24.1 Å². The first-order valence-electron chi connectivity index (χ1n) is 10.2. The number of likely N-dealkylation sites (tertiary alicyclic amines) is 1. The quantitative estimate of drug-likeness (QED) is 0.182. The minimum atomic E-state index is -0.738. The summed E-state index contributed by atoms with van der Waals surface area (Å²) in [5.74, 6) is -2.02. The third kappa shape index (κ3) is 4.86. The molecule has 3 rings (SSSR count). The van der Waals surface area contributed by atoms with Gasteiger partial charge in [-0.25, -0.2) is 19.6 Å². The summed E-state index contributed by atoms with van der Waals surface area (Å²) in [7, 11) is 0. The Kier molecular flexibility index (Phi) is 6.55. The summed E-state index contributed by atoms with van der Waals surface area (Å²) in [6, 6.07) is 1.61. The fraction of sp³-hybridized carbons (Fsp3) is 0.600. The number of pyridine rings is 1. The number of hydrogen-bond donors (Lipinski definition) is 3. The lowest BCUT2D eigenvalue weighted by molar-refractivity contribution is -0.894. The van der Waals surface area contributed by atoms with Crippen LogP contribution in [0.4, 0.5) is 10.2 Å². The van der Waals surface area contributed by atoms with Crippen LogP contribution in [0.3, 0.4) is 0 Å². The summed E-state index contributed by atoms with van der Waals surface area (Å²) >= 11 is 0. The van der Waals surface area contributed by atoms with Gasteiger partial charge < -0.3 is 10.1 Å². The van der Waals surface area contributed by atoms with Crippen molar-refractivity contribution in [1.29, 1.82) is 0 Å². The maximum atomic E-state index is 13.3. The molecule has 10 heteroatoms. The van der Waals surface area contributed by atoms with Gasteiger partial charge in [-0.05, 0) is 41.9 Å². The predicted octanol–water partition coefficient (Wildman–Crippen LogP) is 1.32. The molecule has 1 saturated carbocycles. The van der Waals surface area contributed by atoms with E-state index < -0.39 is 23.7 Å². The van der Waals surface area contributed by atoms with E-state index in [0.717, 1.165) is 37.9 Å². The smallest absolute Gasteiger partial charge is 0.330 e. The first-order valence-corrected chi connectivity index (χ1v) is 10.2. The first kappa shape index (κ1) is 21.9. The molecular formula is C20H28FN4O5+. The molecule has 1 aliphatic heterocycles. The monoisotopic (exact) mass is 423 g/mol. The molecule has 1 aromatic rings. The topological polar surface area (TPSA) is 114 Å². The molecule has 1 aromatic heterocycles. The maximum absolute atomic E-state index is 13.3. The summed E-state index contributed by atoms with van der Waals surface area (Å²) in [5, 5.41) is 22.4. The van der Waals surface area contributed by atoms with Gasteiger partial charge in [-0.2, -0.15) is 0 Å². The second-order valence-corrected chi connectivity index (χ2v) is 8.32. The van der Waals surface area contributed by atoms with E-state index in [1.807, 2.05) is 6.92 Å². The van der Waals surface area contributed by atoms with Gasteiger partial charge in [0.15, 0.2) is 12.0 Å². The molecule has 1 aliphatic carbocycles. The summed E-state index contributed by atoms with van der Waals surface area (Å²) in [4.78, 5) is 38.6. The minimum absolute atomic E-state index is 0.00410. The third-order valence-electron chi connectivity index (χ3n) is 5.98. The van der Waals surface area contributed by atoms with E-state index in [9.17, 15) is 29.2 Å². The van der Waals surface area contributed by atoms with Crippen LogP contribution in [0.2, 0.25) is 0 Å². The lowest BCUT2D eigenvalue weighted by Gasteiger charge is -2.28. The SMILES string of the molecule is CCCC[C@H](CN(O)C=O)C(=O)N1CC2(CC2)CC1C(=O)Nc1ccc(F)c[n+]1O. The lowest BCUT2D eigenvalue weighted by atomic mass is 9.99. The van der Waals surface area contributed by atoms with Crippen molar-refractivity contribution in [2.24, 2.45) is 11.3 Å². The number of unbranched alkanes of at least 4 members (excludes halogenated alkanes) is 1. The van der Waals surface area contributed by atoms with E-state index in [1.165, 1.54) is 11.0 Å². The Bertz CT molecular complexity index is 816. The number of hydroxylamine groups is 2. The van der Waals surface area contributed by atoms with Gasteiger partial charge in [0.2, 0.25) is 12.3 Å². The fourth-order valence-electron chi connectivity index (χ4n) is 4.08. The van der Waals surface area contributed by atoms with Crippen molar-refractivity contribution in [2.45, 2.75) is 51.5 Å². The fourth-order valence-corrected chi connectivity index (χ4v) is 4.08. The highest BCUT2D eigenvalue weighted by Crippen LogP contribution is 2.55. The van der Waals surface area contributed by atoms with Gasteiger partial charge in [0.1, 0.15) is 6.04 Å². The molecule has 2 aliphatic rings. The zero-order valence-corrected chi connectivity index (χ0v) is 17.0. The van der Waals surface area contributed by atoms with Crippen LogP contribution < -0.4 is 10.0 Å². The molecular weight excluding hydrogens is 395 g/mol. The van der Waals surface area contributed by atoms with Crippen molar-refractivity contribution < 1.29 is 33.9 Å².